The van der Waals surface area contributed by atoms with Crippen molar-refractivity contribution < 1.29 is 13.2 Å². The van der Waals surface area contributed by atoms with Crippen LogP contribution in [0.15, 0.2) is 76.7 Å². The van der Waals surface area contributed by atoms with Crippen LogP contribution in [-0.4, -0.2) is 47.8 Å². The van der Waals surface area contributed by atoms with Crippen LogP contribution in [0.1, 0.15) is 23.2 Å². The van der Waals surface area contributed by atoms with Crippen LogP contribution in [0.2, 0.25) is 0 Å². The highest BCUT2D eigenvalue weighted by molar-refractivity contribution is 7.89. The number of hydrogen-bond acceptors (Lipinski definition) is 5. The number of sulfonamides is 1. The summed E-state index contributed by atoms with van der Waals surface area (Å²) in [5.74, 6) is -0.336. The van der Waals surface area contributed by atoms with Crippen LogP contribution >= 0.6 is 0 Å². The molecule has 2 aromatic carbocycles. The van der Waals surface area contributed by atoms with Crippen LogP contribution in [0.25, 0.3) is 11.3 Å². The van der Waals surface area contributed by atoms with Gasteiger partial charge in [0.15, 0.2) is 0 Å². The Balaban J connectivity index is 1.34. The largest absolute Gasteiger partial charge is 0.350 e. The van der Waals surface area contributed by atoms with Gasteiger partial charge in [0.25, 0.3) is 11.5 Å². The predicted octanol–water partition coefficient (Wildman–Crippen LogP) is 2.12. The van der Waals surface area contributed by atoms with Gasteiger partial charge < -0.3 is 5.32 Å². The Hall–Kier alpha value is -3.30. The summed E-state index contributed by atoms with van der Waals surface area (Å²) >= 11 is 0. The molecule has 4 rings (SSSR count). The first-order valence-electron chi connectivity index (χ1n) is 10.5. The van der Waals surface area contributed by atoms with Gasteiger partial charge in [0.2, 0.25) is 10.0 Å². The monoisotopic (exact) mass is 452 g/mol. The Morgan fingerprint density at radius 3 is 2.34 bits per heavy atom. The Labute approximate surface area is 186 Å². The molecule has 1 aliphatic heterocycles. The zero-order chi connectivity index (χ0) is 22.6. The summed E-state index contributed by atoms with van der Waals surface area (Å²) in [6.45, 7) is 1.57. The van der Waals surface area contributed by atoms with Crippen molar-refractivity contribution >= 4 is 15.9 Å². The highest BCUT2D eigenvalue weighted by Crippen LogP contribution is 2.21. The molecule has 0 aliphatic carbocycles. The van der Waals surface area contributed by atoms with Crippen LogP contribution < -0.4 is 10.9 Å². The minimum absolute atomic E-state index is 0.187. The van der Waals surface area contributed by atoms with E-state index >= 15 is 0 Å². The van der Waals surface area contributed by atoms with E-state index in [9.17, 15) is 18.0 Å². The molecule has 0 atom stereocenters. The van der Waals surface area contributed by atoms with Gasteiger partial charge in [-0.15, -0.1) is 0 Å². The minimum atomic E-state index is -3.51. The molecular weight excluding hydrogens is 428 g/mol. The van der Waals surface area contributed by atoms with Gasteiger partial charge in [-0.05, 0) is 37.1 Å². The summed E-state index contributed by atoms with van der Waals surface area (Å²) in [6.07, 6.45) is 3.20. The van der Waals surface area contributed by atoms with Crippen molar-refractivity contribution in [2.75, 3.05) is 19.6 Å². The van der Waals surface area contributed by atoms with Crippen molar-refractivity contribution in [3.05, 3.63) is 82.9 Å². The maximum absolute atomic E-state index is 12.6. The van der Waals surface area contributed by atoms with Gasteiger partial charge in [-0.25, -0.2) is 13.4 Å². The molecule has 0 saturated carbocycles. The molecular formula is C23H24N4O4S. The van der Waals surface area contributed by atoms with E-state index < -0.39 is 10.0 Å². The third-order valence-corrected chi connectivity index (χ3v) is 7.32. The van der Waals surface area contributed by atoms with Crippen LogP contribution in [0, 0.1) is 0 Å². The molecule has 1 aromatic heterocycles. The minimum Gasteiger partial charge on any atom is -0.350 e. The Morgan fingerprint density at radius 1 is 1.00 bits per heavy atom. The van der Waals surface area contributed by atoms with E-state index in [4.69, 9.17) is 0 Å². The molecule has 1 saturated heterocycles. The van der Waals surface area contributed by atoms with Gasteiger partial charge in [-0.2, -0.15) is 4.31 Å². The molecule has 32 heavy (non-hydrogen) atoms. The van der Waals surface area contributed by atoms with Crippen molar-refractivity contribution in [2.45, 2.75) is 24.3 Å². The fourth-order valence-corrected chi connectivity index (χ4v) is 5.13. The molecule has 166 valence electrons. The van der Waals surface area contributed by atoms with Gasteiger partial charge >= 0.3 is 0 Å². The van der Waals surface area contributed by atoms with E-state index in [1.807, 2.05) is 30.3 Å². The maximum Gasteiger partial charge on any atom is 0.253 e. The number of benzene rings is 2. The SMILES string of the molecule is O=C(NCCn1cnc(-c2ccccc2)cc1=O)c1ccc(S(=O)(=O)N2CCCC2)cc1. The lowest BCUT2D eigenvalue weighted by molar-refractivity contribution is 0.0952. The first-order chi connectivity index (χ1) is 15.4. The van der Waals surface area contributed by atoms with Crippen molar-refractivity contribution in [1.82, 2.24) is 19.2 Å². The lowest BCUT2D eigenvalue weighted by Gasteiger charge is -2.15. The molecule has 1 N–H and O–H groups in total. The van der Waals surface area contributed by atoms with Gasteiger partial charge in [-0.3, -0.25) is 14.2 Å². The van der Waals surface area contributed by atoms with Crippen LogP contribution in [-0.2, 0) is 16.6 Å². The van der Waals surface area contributed by atoms with E-state index in [0.717, 1.165) is 18.4 Å². The van der Waals surface area contributed by atoms with E-state index in [-0.39, 0.29) is 29.5 Å². The number of rotatable bonds is 7. The summed E-state index contributed by atoms with van der Waals surface area (Å²) in [5, 5.41) is 2.75. The highest BCUT2D eigenvalue weighted by Gasteiger charge is 2.27. The predicted molar refractivity (Wildman–Crippen MR) is 121 cm³/mol. The van der Waals surface area contributed by atoms with Gasteiger partial charge in [0.05, 0.1) is 16.9 Å². The topological polar surface area (TPSA) is 101 Å². The molecule has 0 unspecified atom stereocenters. The second kappa shape index (κ2) is 9.46. The highest BCUT2D eigenvalue weighted by atomic mass is 32.2. The third kappa shape index (κ3) is 4.79. The van der Waals surface area contributed by atoms with Crippen LogP contribution in [0.4, 0.5) is 0 Å². The second-order valence-electron chi connectivity index (χ2n) is 7.56. The average Bonchev–Trinajstić information content (AvgIpc) is 3.37. The molecule has 0 spiro atoms. The summed E-state index contributed by atoms with van der Waals surface area (Å²) in [5.41, 5.74) is 1.61. The molecule has 1 aliphatic rings. The summed E-state index contributed by atoms with van der Waals surface area (Å²) in [6, 6.07) is 16.8. The number of hydrogen-bond donors (Lipinski definition) is 1. The number of amides is 1. The van der Waals surface area contributed by atoms with Crippen LogP contribution in [0.5, 0.6) is 0 Å². The molecule has 2 heterocycles. The van der Waals surface area contributed by atoms with E-state index in [0.29, 0.717) is 24.3 Å². The van der Waals surface area contributed by atoms with Gasteiger partial charge in [0.1, 0.15) is 0 Å². The van der Waals surface area contributed by atoms with E-state index in [2.05, 4.69) is 10.3 Å². The fraction of sp³-hybridized carbons (Fsp3) is 0.261. The van der Waals surface area contributed by atoms with E-state index in [1.165, 1.54) is 45.5 Å². The zero-order valence-electron chi connectivity index (χ0n) is 17.5. The second-order valence-corrected chi connectivity index (χ2v) is 9.50. The number of aromatic nitrogens is 2. The number of carbonyl (C=O) groups is 1. The van der Waals surface area contributed by atoms with Crippen molar-refractivity contribution in [3.63, 3.8) is 0 Å². The molecule has 1 amide bonds. The molecule has 8 nitrogen and oxygen atoms in total. The smallest absolute Gasteiger partial charge is 0.253 e. The maximum atomic E-state index is 12.6. The lowest BCUT2D eigenvalue weighted by atomic mass is 10.1. The van der Waals surface area contributed by atoms with Gasteiger partial charge in [0, 0.05) is 43.4 Å². The fourth-order valence-electron chi connectivity index (χ4n) is 3.61. The van der Waals surface area contributed by atoms with E-state index in [1.54, 1.807) is 0 Å². The number of nitrogens with one attached hydrogen (secondary N) is 1. The first kappa shape index (κ1) is 21.9. The summed E-state index contributed by atoms with van der Waals surface area (Å²) in [7, 11) is -3.51. The standard InChI is InChI=1S/C23H24N4O4S/c28-22-16-21(18-6-2-1-3-7-18)25-17-26(22)15-12-24-23(29)19-8-10-20(11-9-19)32(30,31)27-13-4-5-14-27/h1-3,6-11,16-17H,4-5,12-15H2,(H,24,29). The summed E-state index contributed by atoms with van der Waals surface area (Å²) in [4.78, 5) is 29.3. The number of nitrogens with zero attached hydrogens (tertiary/aromatic N) is 3. The number of carbonyl (C=O) groups excluding carboxylic acids is 1. The Bertz CT molecular complexity index is 1250. The zero-order valence-corrected chi connectivity index (χ0v) is 18.3. The van der Waals surface area contributed by atoms with Gasteiger partial charge in [-0.1, -0.05) is 30.3 Å². The average molecular weight is 453 g/mol. The lowest BCUT2D eigenvalue weighted by Crippen LogP contribution is -2.31. The first-order valence-corrected chi connectivity index (χ1v) is 11.9. The quantitative estimate of drug-likeness (QED) is 0.592. The Morgan fingerprint density at radius 2 is 1.69 bits per heavy atom. The molecule has 0 bridgehead atoms. The summed E-state index contributed by atoms with van der Waals surface area (Å²) < 4.78 is 28.1. The molecule has 1 fully saturated rings. The molecule has 3 aromatic rings. The molecule has 0 radical (unpaired) electrons. The van der Waals surface area contributed by atoms with Crippen molar-refractivity contribution in [2.24, 2.45) is 0 Å². The van der Waals surface area contributed by atoms with Crippen molar-refractivity contribution in [1.29, 1.82) is 0 Å². The Kier molecular flexibility index (Phi) is 6.48. The normalized spacial score (nSPS) is 14.4. The van der Waals surface area contributed by atoms with Crippen molar-refractivity contribution in [3.8, 4) is 11.3 Å². The third-order valence-electron chi connectivity index (χ3n) is 5.41. The molecule has 9 heteroatoms. The van der Waals surface area contributed by atoms with Crippen LogP contribution in [0.3, 0.4) is 0 Å².